The minimum Gasteiger partial charge on any atom is -0.493 e. The van der Waals surface area contributed by atoms with Crippen molar-refractivity contribution in [2.24, 2.45) is 0 Å². The van der Waals surface area contributed by atoms with E-state index in [1.54, 1.807) is 36.6 Å². The molecule has 0 N–H and O–H groups in total. The molecule has 1 atom stereocenters. The quantitative estimate of drug-likeness (QED) is 0.759. The number of hydrogen-bond donors (Lipinski definition) is 0. The van der Waals surface area contributed by atoms with Crippen molar-refractivity contribution in [1.29, 1.82) is 0 Å². The van der Waals surface area contributed by atoms with E-state index in [0.29, 0.717) is 17.4 Å². The van der Waals surface area contributed by atoms with Gasteiger partial charge in [0.2, 0.25) is 10.0 Å². The van der Waals surface area contributed by atoms with Gasteiger partial charge in [0, 0.05) is 17.8 Å². The number of aryl methyl sites for hydroxylation is 2. The topological polar surface area (TPSA) is 59.5 Å². The van der Waals surface area contributed by atoms with Crippen LogP contribution in [0, 0.1) is 6.92 Å². The van der Waals surface area contributed by atoms with Crippen LogP contribution in [0.2, 0.25) is 0 Å². The lowest BCUT2D eigenvalue weighted by atomic mass is 10.1. The van der Waals surface area contributed by atoms with E-state index in [2.05, 4.69) is 18.8 Å². The average Bonchev–Trinajstić information content (AvgIpc) is 3.02. The number of sulfonamides is 1. The van der Waals surface area contributed by atoms with Crippen LogP contribution < -0.4 is 4.74 Å². The SMILES string of the molecule is Cc1nc(C(C)C)sc1C(C)N(C)S(=O)(=O)c1ccc2c(c1)CCCO2. The molecule has 5 nitrogen and oxygen atoms in total. The molecule has 1 aromatic heterocycles. The Morgan fingerprint density at radius 2 is 2.00 bits per heavy atom. The second-order valence-electron chi connectivity index (χ2n) is 7.08. The monoisotopic (exact) mass is 394 g/mol. The molecule has 0 bridgehead atoms. The Morgan fingerprint density at radius 3 is 2.65 bits per heavy atom. The molecule has 0 spiro atoms. The van der Waals surface area contributed by atoms with Gasteiger partial charge in [0.05, 0.1) is 28.2 Å². The van der Waals surface area contributed by atoms with Crippen molar-refractivity contribution in [3.05, 3.63) is 39.3 Å². The predicted molar refractivity (Wildman–Crippen MR) is 105 cm³/mol. The highest BCUT2D eigenvalue weighted by Gasteiger charge is 2.30. The molecule has 0 radical (unpaired) electrons. The standard InChI is InChI=1S/C19H26N2O3S2/c1-12(2)19-20-13(3)18(25-19)14(4)21(5)26(22,23)16-8-9-17-15(11-16)7-6-10-24-17/h8-9,11-12,14H,6-7,10H2,1-5H3. The van der Waals surface area contributed by atoms with Crippen LogP contribution in [0.25, 0.3) is 0 Å². The number of ether oxygens (including phenoxy) is 1. The van der Waals surface area contributed by atoms with Crippen molar-refractivity contribution in [3.8, 4) is 5.75 Å². The fourth-order valence-corrected chi connectivity index (χ4v) is 5.72. The van der Waals surface area contributed by atoms with Gasteiger partial charge in [-0.1, -0.05) is 13.8 Å². The number of rotatable bonds is 5. The van der Waals surface area contributed by atoms with E-state index in [0.717, 1.165) is 39.7 Å². The Hall–Kier alpha value is -1.44. The molecule has 1 aliphatic rings. The number of aromatic nitrogens is 1. The molecule has 7 heteroatoms. The summed E-state index contributed by atoms with van der Waals surface area (Å²) in [6, 6.07) is 4.90. The van der Waals surface area contributed by atoms with Gasteiger partial charge < -0.3 is 4.74 Å². The molecule has 0 amide bonds. The van der Waals surface area contributed by atoms with Crippen LogP contribution in [0.1, 0.15) is 60.3 Å². The minimum absolute atomic E-state index is 0.266. The molecular formula is C19H26N2O3S2. The predicted octanol–water partition coefficient (Wildman–Crippen LogP) is 4.28. The minimum atomic E-state index is -3.59. The number of thiazole rings is 1. The highest BCUT2D eigenvalue weighted by atomic mass is 32.2. The van der Waals surface area contributed by atoms with Crippen molar-refractivity contribution >= 4 is 21.4 Å². The van der Waals surface area contributed by atoms with Gasteiger partial charge in [-0.15, -0.1) is 11.3 Å². The molecule has 0 saturated carbocycles. The summed E-state index contributed by atoms with van der Waals surface area (Å²) >= 11 is 1.60. The maximum absolute atomic E-state index is 13.2. The van der Waals surface area contributed by atoms with Gasteiger partial charge >= 0.3 is 0 Å². The largest absolute Gasteiger partial charge is 0.493 e. The Bertz CT molecular complexity index is 904. The normalized spacial score (nSPS) is 15.8. The Balaban J connectivity index is 1.91. The van der Waals surface area contributed by atoms with E-state index >= 15 is 0 Å². The fourth-order valence-electron chi connectivity index (χ4n) is 3.10. The second kappa shape index (κ2) is 7.29. The van der Waals surface area contributed by atoms with Crippen LogP contribution in [0.15, 0.2) is 23.1 Å². The van der Waals surface area contributed by atoms with Crippen molar-refractivity contribution in [2.45, 2.75) is 57.4 Å². The lowest BCUT2D eigenvalue weighted by molar-refractivity contribution is 0.288. The lowest BCUT2D eigenvalue weighted by Gasteiger charge is -2.25. The molecule has 2 aromatic rings. The third-order valence-electron chi connectivity index (χ3n) is 4.82. The van der Waals surface area contributed by atoms with Crippen molar-refractivity contribution < 1.29 is 13.2 Å². The zero-order chi connectivity index (χ0) is 19.1. The first-order chi connectivity index (χ1) is 12.2. The van der Waals surface area contributed by atoms with Gasteiger partial charge in [0.15, 0.2) is 0 Å². The van der Waals surface area contributed by atoms with E-state index in [4.69, 9.17) is 4.74 Å². The van der Waals surface area contributed by atoms with Gasteiger partial charge in [-0.3, -0.25) is 0 Å². The summed E-state index contributed by atoms with van der Waals surface area (Å²) < 4.78 is 33.3. The first kappa shape index (κ1) is 19.3. The Morgan fingerprint density at radius 1 is 1.27 bits per heavy atom. The summed E-state index contributed by atoms with van der Waals surface area (Å²) in [5, 5.41) is 1.04. The Kier molecular flexibility index (Phi) is 5.42. The van der Waals surface area contributed by atoms with E-state index in [9.17, 15) is 8.42 Å². The van der Waals surface area contributed by atoms with Crippen molar-refractivity contribution in [3.63, 3.8) is 0 Å². The Labute approximate surface area is 160 Å². The van der Waals surface area contributed by atoms with Gasteiger partial charge in [0.1, 0.15) is 5.75 Å². The molecule has 0 aliphatic carbocycles. The second-order valence-corrected chi connectivity index (χ2v) is 10.1. The van der Waals surface area contributed by atoms with Crippen LogP contribution in [0.4, 0.5) is 0 Å². The molecule has 1 aliphatic heterocycles. The number of fused-ring (bicyclic) bond motifs is 1. The third-order valence-corrected chi connectivity index (χ3v) is 8.38. The van der Waals surface area contributed by atoms with Crippen LogP contribution >= 0.6 is 11.3 Å². The molecule has 2 heterocycles. The third kappa shape index (κ3) is 3.52. The molecular weight excluding hydrogens is 368 g/mol. The molecule has 0 fully saturated rings. The summed E-state index contributed by atoms with van der Waals surface area (Å²) in [5.74, 6) is 1.13. The number of benzene rings is 1. The zero-order valence-electron chi connectivity index (χ0n) is 15.9. The van der Waals surface area contributed by atoms with Crippen LogP contribution in [0.5, 0.6) is 5.75 Å². The maximum atomic E-state index is 13.2. The van der Waals surface area contributed by atoms with Gasteiger partial charge in [0.25, 0.3) is 0 Å². The zero-order valence-corrected chi connectivity index (χ0v) is 17.6. The summed E-state index contributed by atoms with van der Waals surface area (Å²) in [5.41, 5.74) is 1.88. The molecule has 1 unspecified atom stereocenters. The smallest absolute Gasteiger partial charge is 0.243 e. The van der Waals surface area contributed by atoms with Crippen molar-refractivity contribution in [1.82, 2.24) is 9.29 Å². The van der Waals surface area contributed by atoms with Gasteiger partial charge in [-0.05, 0) is 50.5 Å². The molecule has 142 valence electrons. The lowest BCUT2D eigenvalue weighted by Crippen LogP contribution is -2.30. The van der Waals surface area contributed by atoms with E-state index in [-0.39, 0.29) is 6.04 Å². The molecule has 0 saturated heterocycles. The first-order valence-electron chi connectivity index (χ1n) is 8.92. The summed E-state index contributed by atoms with van der Waals surface area (Å²) in [7, 11) is -1.95. The summed E-state index contributed by atoms with van der Waals surface area (Å²) in [6.45, 7) is 8.76. The van der Waals surface area contributed by atoms with Crippen LogP contribution in [-0.4, -0.2) is 31.4 Å². The van der Waals surface area contributed by atoms with Crippen molar-refractivity contribution in [2.75, 3.05) is 13.7 Å². The maximum Gasteiger partial charge on any atom is 0.243 e. The molecule has 26 heavy (non-hydrogen) atoms. The van der Waals surface area contributed by atoms with E-state index in [1.165, 1.54) is 4.31 Å². The first-order valence-corrected chi connectivity index (χ1v) is 11.2. The van der Waals surface area contributed by atoms with Crippen LogP contribution in [-0.2, 0) is 16.4 Å². The summed E-state index contributed by atoms with van der Waals surface area (Å²) in [4.78, 5) is 5.93. The highest BCUT2D eigenvalue weighted by molar-refractivity contribution is 7.89. The molecule has 1 aromatic carbocycles. The average molecular weight is 395 g/mol. The van der Waals surface area contributed by atoms with E-state index in [1.807, 2.05) is 13.8 Å². The van der Waals surface area contributed by atoms with Gasteiger partial charge in [-0.25, -0.2) is 13.4 Å². The van der Waals surface area contributed by atoms with Gasteiger partial charge in [-0.2, -0.15) is 4.31 Å². The van der Waals surface area contributed by atoms with E-state index < -0.39 is 10.0 Å². The fraction of sp³-hybridized carbons (Fsp3) is 0.526. The molecule has 3 rings (SSSR count). The number of hydrogen-bond acceptors (Lipinski definition) is 5. The number of nitrogens with zero attached hydrogens (tertiary/aromatic N) is 2. The highest BCUT2D eigenvalue weighted by Crippen LogP contribution is 2.35. The van der Waals surface area contributed by atoms with Crippen LogP contribution in [0.3, 0.4) is 0 Å². The summed E-state index contributed by atoms with van der Waals surface area (Å²) in [6.07, 6.45) is 1.77.